The van der Waals surface area contributed by atoms with Crippen LogP contribution in [0.5, 0.6) is 0 Å². The third-order valence-corrected chi connectivity index (χ3v) is 3.76. The summed E-state index contributed by atoms with van der Waals surface area (Å²) in [4.78, 5) is 4.33. The number of benzene rings is 1. The van der Waals surface area contributed by atoms with Crippen LogP contribution < -0.4 is 5.32 Å². The Labute approximate surface area is 128 Å². The van der Waals surface area contributed by atoms with Crippen LogP contribution in [0.25, 0.3) is 5.69 Å². The minimum Gasteiger partial charge on any atom is -0.312 e. The van der Waals surface area contributed by atoms with Gasteiger partial charge in [-0.15, -0.1) is 0 Å². The van der Waals surface area contributed by atoms with Gasteiger partial charge in [0.25, 0.3) is 0 Å². The SMILES string of the molecule is Cc1nc(C)n(-c2ccc(CNCC(C)C)c(Br)c2)n1. The maximum atomic E-state index is 4.41. The highest BCUT2D eigenvalue weighted by atomic mass is 79.9. The molecule has 0 spiro atoms. The summed E-state index contributed by atoms with van der Waals surface area (Å²) in [6.07, 6.45) is 0. The van der Waals surface area contributed by atoms with Gasteiger partial charge in [0.2, 0.25) is 0 Å². The molecule has 2 rings (SSSR count). The molecule has 20 heavy (non-hydrogen) atoms. The zero-order valence-electron chi connectivity index (χ0n) is 12.4. The number of aryl methyl sites for hydroxylation is 2. The van der Waals surface area contributed by atoms with Crippen molar-refractivity contribution in [2.45, 2.75) is 34.2 Å². The van der Waals surface area contributed by atoms with Crippen LogP contribution in [0.1, 0.15) is 31.1 Å². The molecular weight excluding hydrogens is 316 g/mol. The molecule has 1 aromatic heterocycles. The van der Waals surface area contributed by atoms with E-state index in [2.05, 4.69) is 63.4 Å². The van der Waals surface area contributed by atoms with E-state index in [1.165, 1.54) is 5.56 Å². The molecule has 0 unspecified atom stereocenters. The lowest BCUT2D eigenvalue weighted by atomic mass is 10.2. The van der Waals surface area contributed by atoms with Gasteiger partial charge >= 0.3 is 0 Å². The summed E-state index contributed by atoms with van der Waals surface area (Å²) in [6, 6.07) is 6.30. The molecule has 0 bridgehead atoms. The van der Waals surface area contributed by atoms with E-state index in [4.69, 9.17) is 0 Å². The molecule has 1 aromatic carbocycles. The zero-order valence-corrected chi connectivity index (χ0v) is 14.0. The molecule has 0 saturated carbocycles. The molecule has 0 aliphatic heterocycles. The maximum Gasteiger partial charge on any atom is 0.148 e. The van der Waals surface area contributed by atoms with Gasteiger partial charge in [-0.1, -0.05) is 35.8 Å². The Bertz CT molecular complexity index is 590. The minimum absolute atomic E-state index is 0.661. The molecule has 0 amide bonds. The van der Waals surface area contributed by atoms with Gasteiger partial charge in [0.1, 0.15) is 11.6 Å². The first kappa shape index (κ1) is 15.2. The highest BCUT2D eigenvalue weighted by molar-refractivity contribution is 9.10. The van der Waals surface area contributed by atoms with E-state index >= 15 is 0 Å². The number of nitrogens with one attached hydrogen (secondary N) is 1. The Balaban J connectivity index is 2.15. The van der Waals surface area contributed by atoms with E-state index in [9.17, 15) is 0 Å². The van der Waals surface area contributed by atoms with E-state index in [0.29, 0.717) is 5.92 Å². The highest BCUT2D eigenvalue weighted by Crippen LogP contribution is 2.21. The van der Waals surface area contributed by atoms with Crippen molar-refractivity contribution in [3.63, 3.8) is 0 Å². The van der Waals surface area contributed by atoms with E-state index < -0.39 is 0 Å². The predicted molar refractivity (Wildman–Crippen MR) is 85.1 cm³/mol. The lowest BCUT2D eigenvalue weighted by Crippen LogP contribution is -2.19. The molecule has 2 aromatic rings. The van der Waals surface area contributed by atoms with Crippen LogP contribution in [0.2, 0.25) is 0 Å². The summed E-state index contributed by atoms with van der Waals surface area (Å²) in [7, 11) is 0. The average molecular weight is 337 g/mol. The fourth-order valence-corrected chi connectivity index (χ4v) is 2.58. The molecule has 0 saturated heterocycles. The van der Waals surface area contributed by atoms with Crippen LogP contribution in [0.3, 0.4) is 0 Å². The molecular formula is C15H21BrN4. The second-order valence-corrected chi connectivity index (χ2v) is 6.27. The van der Waals surface area contributed by atoms with Crippen LogP contribution in [0, 0.1) is 19.8 Å². The van der Waals surface area contributed by atoms with Crippen molar-refractivity contribution in [2.24, 2.45) is 5.92 Å². The Morgan fingerprint density at radius 3 is 2.60 bits per heavy atom. The number of nitrogens with zero attached hydrogens (tertiary/aromatic N) is 3. The Morgan fingerprint density at radius 1 is 1.30 bits per heavy atom. The van der Waals surface area contributed by atoms with Gasteiger partial charge in [0.15, 0.2) is 0 Å². The number of rotatable bonds is 5. The predicted octanol–water partition coefficient (Wildman–Crippen LogP) is 3.39. The summed E-state index contributed by atoms with van der Waals surface area (Å²) in [5.41, 5.74) is 2.28. The van der Waals surface area contributed by atoms with Crippen LogP contribution >= 0.6 is 15.9 Å². The van der Waals surface area contributed by atoms with Crippen LogP contribution in [0.4, 0.5) is 0 Å². The fourth-order valence-electron chi connectivity index (χ4n) is 2.07. The molecule has 4 nitrogen and oxygen atoms in total. The first-order valence-corrected chi connectivity index (χ1v) is 7.66. The van der Waals surface area contributed by atoms with Gasteiger partial charge in [-0.25, -0.2) is 9.67 Å². The summed E-state index contributed by atoms with van der Waals surface area (Å²) >= 11 is 3.64. The Kier molecular flexibility index (Phi) is 4.94. The topological polar surface area (TPSA) is 42.7 Å². The Hall–Kier alpha value is -1.20. The first-order chi connectivity index (χ1) is 9.47. The van der Waals surface area contributed by atoms with Crippen molar-refractivity contribution in [1.29, 1.82) is 0 Å². The number of aromatic nitrogens is 3. The van der Waals surface area contributed by atoms with Crippen LogP contribution in [-0.2, 0) is 6.54 Å². The molecule has 5 heteroatoms. The summed E-state index contributed by atoms with van der Waals surface area (Å²) < 4.78 is 2.96. The van der Waals surface area contributed by atoms with Crippen LogP contribution in [-0.4, -0.2) is 21.3 Å². The minimum atomic E-state index is 0.661. The van der Waals surface area contributed by atoms with Gasteiger partial charge < -0.3 is 5.32 Å². The van der Waals surface area contributed by atoms with Gasteiger partial charge in [-0.3, -0.25) is 0 Å². The van der Waals surface area contributed by atoms with Crippen LogP contribution in [0.15, 0.2) is 22.7 Å². The Morgan fingerprint density at radius 2 is 2.05 bits per heavy atom. The van der Waals surface area contributed by atoms with Crippen molar-refractivity contribution >= 4 is 15.9 Å². The van der Waals surface area contributed by atoms with E-state index in [-0.39, 0.29) is 0 Å². The summed E-state index contributed by atoms with van der Waals surface area (Å²) in [6.45, 7) is 10.2. The molecule has 0 aliphatic carbocycles. The van der Waals surface area contributed by atoms with Crippen molar-refractivity contribution < 1.29 is 0 Å². The molecule has 0 radical (unpaired) electrons. The van der Waals surface area contributed by atoms with Gasteiger partial charge in [0, 0.05) is 11.0 Å². The summed E-state index contributed by atoms with van der Waals surface area (Å²) in [5.74, 6) is 2.36. The van der Waals surface area contributed by atoms with Gasteiger partial charge in [-0.05, 0) is 44.0 Å². The van der Waals surface area contributed by atoms with Gasteiger partial charge in [-0.2, -0.15) is 5.10 Å². The standard InChI is InChI=1S/C15H21BrN4/c1-10(2)8-17-9-13-5-6-14(7-15(13)16)20-12(4)18-11(3)19-20/h5-7,10,17H,8-9H2,1-4H3. The average Bonchev–Trinajstić information content (AvgIpc) is 2.70. The number of hydrogen-bond acceptors (Lipinski definition) is 3. The van der Waals surface area contributed by atoms with Crippen molar-refractivity contribution in [3.8, 4) is 5.69 Å². The third-order valence-electron chi connectivity index (χ3n) is 3.02. The highest BCUT2D eigenvalue weighted by Gasteiger charge is 2.07. The second kappa shape index (κ2) is 6.50. The molecule has 0 fully saturated rings. The molecule has 0 aliphatic rings. The quantitative estimate of drug-likeness (QED) is 0.909. The molecule has 1 N–H and O–H groups in total. The normalized spacial score (nSPS) is 11.3. The number of hydrogen-bond donors (Lipinski definition) is 1. The maximum absolute atomic E-state index is 4.41. The van der Waals surface area contributed by atoms with Gasteiger partial charge in [0.05, 0.1) is 5.69 Å². The monoisotopic (exact) mass is 336 g/mol. The smallest absolute Gasteiger partial charge is 0.148 e. The van der Waals surface area contributed by atoms with Crippen molar-refractivity contribution in [1.82, 2.24) is 20.1 Å². The second-order valence-electron chi connectivity index (χ2n) is 5.42. The van der Waals surface area contributed by atoms with E-state index in [1.54, 1.807) is 0 Å². The van der Waals surface area contributed by atoms with Crippen molar-refractivity contribution in [2.75, 3.05) is 6.54 Å². The first-order valence-electron chi connectivity index (χ1n) is 6.87. The van der Waals surface area contributed by atoms with Crippen molar-refractivity contribution in [3.05, 3.63) is 39.9 Å². The molecule has 0 atom stereocenters. The fraction of sp³-hybridized carbons (Fsp3) is 0.467. The largest absolute Gasteiger partial charge is 0.312 e. The zero-order chi connectivity index (χ0) is 14.7. The molecule has 1 heterocycles. The molecule has 108 valence electrons. The number of halogens is 1. The third kappa shape index (κ3) is 3.67. The van der Waals surface area contributed by atoms with E-state index in [0.717, 1.165) is 34.9 Å². The lowest BCUT2D eigenvalue weighted by Gasteiger charge is -2.11. The van der Waals surface area contributed by atoms with E-state index in [1.807, 2.05) is 18.5 Å². The lowest BCUT2D eigenvalue weighted by molar-refractivity contribution is 0.552. The summed E-state index contributed by atoms with van der Waals surface area (Å²) in [5, 5.41) is 7.86.